The first-order chi connectivity index (χ1) is 7.34. The molecule has 3 heteroatoms. The summed E-state index contributed by atoms with van der Waals surface area (Å²) in [5.41, 5.74) is 2.32. The molecule has 2 aromatic carbocycles. The number of anilines is 2. The number of para-hydroxylation sites is 1. The highest BCUT2D eigenvalue weighted by Gasteiger charge is 2.16. The topological polar surface area (TPSA) is 12.0 Å². The van der Waals surface area contributed by atoms with E-state index >= 15 is 0 Å². The van der Waals surface area contributed by atoms with Crippen LogP contribution in [0.3, 0.4) is 0 Å². The van der Waals surface area contributed by atoms with E-state index in [1.165, 1.54) is 15.5 Å². The fourth-order valence-electron chi connectivity index (χ4n) is 1.64. The van der Waals surface area contributed by atoms with Gasteiger partial charge in [-0.1, -0.05) is 30.0 Å². The molecule has 0 amide bonds. The predicted octanol–water partition coefficient (Wildman–Crippen LogP) is 4.18. The Hall–Kier alpha value is -1.06. The minimum absolute atomic E-state index is 1.03. The zero-order valence-corrected chi connectivity index (χ0v) is 9.61. The van der Waals surface area contributed by atoms with Gasteiger partial charge in [0.1, 0.15) is 0 Å². The number of nitrogens with one attached hydrogen (secondary N) is 1. The van der Waals surface area contributed by atoms with Crippen molar-refractivity contribution in [2.24, 2.45) is 0 Å². The van der Waals surface area contributed by atoms with Gasteiger partial charge in [-0.05, 0) is 24.3 Å². The lowest BCUT2D eigenvalue weighted by Crippen LogP contribution is -1.99. The molecule has 3 rings (SSSR count). The summed E-state index contributed by atoms with van der Waals surface area (Å²) in [5, 5.41) is 3.41. The molecule has 0 bridgehead atoms. The Balaban J connectivity index is 2.15. The molecule has 74 valence electrons. The quantitative estimate of drug-likeness (QED) is 0.563. The molecule has 0 saturated carbocycles. The summed E-state index contributed by atoms with van der Waals surface area (Å²) in [6.07, 6.45) is 0. The van der Waals surface area contributed by atoms with Crippen LogP contribution in [0, 0.1) is 0 Å². The number of thiol groups is 1. The van der Waals surface area contributed by atoms with Gasteiger partial charge in [-0.2, -0.15) is 0 Å². The van der Waals surface area contributed by atoms with E-state index in [-0.39, 0.29) is 0 Å². The molecule has 1 aliphatic rings. The van der Waals surface area contributed by atoms with Crippen molar-refractivity contribution in [2.75, 3.05) is 5.32 Å². The largest absolute Gasteiger partial charge is 0.354 e. The summed E-state index contributed by atoms with van der Waals surface area (Å²) in [6.45, 7) is 0. The van der Waals surface area contributed by atoms with Gasteiger partial charge in [0, 0.05) is 14.7 Å². The standard InChI is InChI=1S/C12H9NS2/c14-10-6-3-5-9-12(10)15-11-7-2-1-4-8(11)13-9/h1-7,13-14H. The van der Waals surface area contributed by atoms with Crippen molar-refractivity contribution in [1.29, 1.82) is 0 Å². The second kappa shape index (κ2) is 3.51. The molecule has 15 heavy (non-hydrogen) atoms. The van der Waals surface area contributed by atoms with Gasteiger partial charge < -0.3 is 5.32 Å². The van der Waals surface area contributed by atoms with E-state index < -0.39 is 0 Å². The highest BCUT2D eigenvalue weighted by Crippen LogP contribution is 2.46. The molecule has 1 nitrogen and oxygen atoms in total. The van der Waals surface area contributed by atoms with Crippen LogP contribution in [-0.4, -0.2) is 0 Å². The summed E-state index contributed by atoms with van der Waals surface area (Å²) in [5.74, 6) is 0. The van der Waals surface area contributed by atoms with E-state index in [9.17, 15) is 0 Å². The minimum Gasteiger partial charge on any atom is -0.354 e. The van der Waals surface area contributed by atoms with Crippen LogP contribution in [0.25, 0.3) is 0 Å². The van der Waals surface area contributed by atoms with Crippen LogP contribution in [0.5, 0.6) is 0 Å². The van der Waals surface area contributed by atoms with Gasteiger partial charge in [-0.3, -0.25) is 0 Å². The number of hydrogen-bond donors (Lipinski definition) is 2. The summed E-state index contributed by atoms with van der Waals surface area (Å²) < 4.78 is 0. The van der Waals surface area contributed by atoms with Crippen molar-refractivity contribution < 1.29 is 0 Å². The molecule has 0 unspecified atom stereocenters. The van der Waals surface area contributed by atoms with Crippen molar-refractivity contribution in [3.05, 3.63) is 42.5 Å². The second-order valence-electron chi connectivity index (χ2n) is 3.38. The Kier molecular flexibility index (Phi) is 2.15. The van der Waals surface area contributed by atoms with Crippen molar-refractivity contribution in [1.82, 2.24) is 0 Å². The first-order valence-corrected chi connectivity index (χ1v) is 5.97. The molecule has 0 spiro atoms. The summed E-state index contributed by atoms with van der Waals surface area (Å²) in [7, 11) is 0. The van der Waals surface area contributed by atoms with E-state index in [2.05, 4.69) is 42.2 Å². The average Bonchev–Trinajstić information content (AvgIpc) is 2.27. The molecule has 0 fully saturated rings. The third-order valence-electron chi connectivity index (χ3n) is 2.36. The van der Waals surface area contributed by atoms with Gasteiger partial charge in [-0.25, -0.2) is 0 Å². The van der Waals surface area contributed by atoms with E-state index in [4.69, 9.17) is 0 Å². The third-order valence-corrected chi connectivity index (χ3v) is 4.11. The molecule has 0 aliphatic carbocycles. The van der Waals surface area contributed by atoms with Crippen molar-refractivity contribution in [3.8, 4) is 0 Å². The summed E-state index contributed by atoms with van der Waals surface area (Å²) in [6, 6.07) is 14.4. The van der Waals surface area contributed by atoms with Crippen LogP contribution in [0.2, 0.25) is 0 Å². The lowest BCUT2D eigenvalue weighted by molar-refractivity contribution is 1.21. The molecule has 0 atom stereocenters. The molecule has 2 aromatic rings. The maximum absolute atomic E-state index is 4.47. The fraction of sp³-hybridized carbons (Fsp3) is 0. The molecule has 1 heterocycles. The molecular formula is C12H9NS2. The number of rotatable bonds is 0. The van der Waals surface area contributed by atoms with Crippen LogP contribution in [0.4, 0.5) is 11.4 Å². The SMILES string of the molecule is Sc1cccc2c1Sc1ccccc1N2. The summed E-state index contributed by atoms with van der Waals surface area (Å²) >= 11 is 6.24. The fourth-order valence-corrected chi connectivity index (χ4v) is 2.99. The van der Waals surface area contributed by atoms with Crippen LogP contribution in [0.1, 0.15) is 0 Å². The highest BCUT2D eigenvalue weighted by atomic mass is 32.2. The first kappa shape index (κ1) is 9.19. The van der Waals surface area contributed by atoms with Gasteiger partial charge in [0.2, 0.25) is 0 Å². The minimum atomic E-state index is 1.03. The first-order valence-electron chi connectivity index (χ1n) is 4.70. The average molecular weight is 231 g/mol. The maximum Gasteiger partial charge on any atom is 0.0537 e. The van der Waals surface area contributed by atoms with E-state index in [0.29, 0.717) is 0 Å². The van der Waals surface area contributed by atoms with Crippen molar-refractivity contribution >= 4 is 35.8 Å². The Morgan fingerprint density at radius 1 is 0.933 bits per heavy atom. The van der Waals surface area contributed by atoms with Gasteiger partial charge >= 0.3 is 0 Å². The predicted molar refractivity (Wildman–Crippen MR) is 67.5 cm³/mol. The number of benzene rings is 2. The van der Waals surface area contributed by atoms with E-state index in [1.807, 2.05) is 18.2 Å². The van der Waals surface area contributed by atoms with Crippen LogP contribution in [-0.2, 0) is 0 Å². The molecule has 0 radical (unpaired) electrons. The highest BCUT2D eigenvalue weighted by molar-refractivity contribution is 8.00. The molecule has 1 aliphatic heterocycles. The normalized spacial score (nSPS) is 12.6. The molecular weight excluding hydrogens is 222 g/mol. The van der Waals surface area contributed by atoms with Gasteiger partial charge in [0.25, 0.3) is 0 Å². The lowest BCUT2D eigenvalue weighted by Gasteiger charge is -2.21. The summed E-state index contributed by atoms with van der Waals surface area (Å²) in [4.78, 5) is 3.49. The Labute approximate surface area is 98.3 Å². The Morgan fingerprint density at radius 3 is 2.67 bits per heavy atom. The van der Waals surface area contributed by atoms with Crippen LogP contribution < -0.4 is 5.32 Å². The van der Waals surface area contributed by atoms with Crippen molar-refractivity contribution in [2.45, 2.75) is 14.7 Å². The van der Waals surface area contributed by atoms with Crippen molar-refractivity contribution in [3.63, 3.8) is 0 Å². The zero-order chi connectivity index (χ0) is 10.3. The van der Waals surface area contributed by atoms with E-state index in [1.54, 1.807) is 11.8 Å². The molecule has 0 saturated heterocycles. The Morgan fingerprint density at radius 2 is 1.73 bits per heavy atom. The lowest BCUT2D eigenvalue weighted by atomic mass is 10.2. The van der Waals surface area contributed by atoms with Crippen LogP contribution in [0.15, 0.2) is 57.2 Å². The number of hydrogen-bond acceptors (Lipinski definition) is 3. The molecule has 0 aromatic heterocycles. The van der Waals surface area contributed by atoms with Crippen LogP contribution >= 0.6 is 24.4 Å². The zero-order valence-electron chi connectivity index (χ0n) is 7.90. The van der Waals surface area contributed by atoms with E-state index in [0.717, 1.165) is 10.6 Å². The van der Waals surface area contributed by atoms with Gasteiger partial charge in [0.05, 0.1) is 11.4 Å². The maximum atomic E-state index is 4.47. The Bertz CT molecular complexity index is 523. The second-order valence-corrected chi connectivity index (χ2v) is 4.91. The number of fused-ring (bicyclic) bond motifs is 2. The smallest absolute Gasteiger partial charge is 0.0537 e. The van der Waals surface area contributed by atoms with Gasteiger partial charge in [-0.15, -0.1) is 12.6 Å². The monoisotopic (exact) mass is 231 g/mol. The molecule has 1 N–H and O–H groups in total. The van der Waals surface area contributed by atoms with Gasteiger partial charge in [0.15, 0.2) is 0 Å². The third kappa shape index (κ3) is 1.52.